The summed E-state index contributed by atoms with van der Waals surface area (Å²) >= 11 is 1.72. The van der Waals surface area contributed by atoms with Crippen LogP contribution in [-0.4, -0.2) is 11.5 Å². The van der Waals surface area contributed by atoms with E-state index in [1.165, 1.54) is 26.9 Å². The van der Waals surface area contributed by atoms with E-state index >= 15 is 0 Å². The van der Waals surface area contributed by atoms with Crippen LogP contribution >= 0.6 is 36.2 Å². The highest BCUT2D eigenvalue weighted by atomic mass is 35.5. The predicted molar refractivity (Wildman–Crippen MR) is 123 cm³/mol. The average Bonchev–Trinajstić information content (AvgIpc) is 3.34. The van der Waals surface area contributed by atoms with E-state index in [0.717, 1.165) is 25.3 Å². The summed E-state index contributed by atoms with van der Waals surface area (Å²) in [6.45, 7) is 2.46. The highest BCUT2D eigenvalue weighted by Gasteiger charge is 2.02. The summed E-state index contributed by atoms with van der Waals surface area (Å²) in [6.07, 6.45) is 3.14. The lowest BCUT2D eigenvalue weighted by Gasteiger charge is -2.07. The lowest BCUT2D eigenvalue weighted by molar-refractivity contribution is 0.309. The topological polar surface area (TPSA) is 37.0 Å². The molecule has 3 nitrogen and oxygen atoms in total. The molecule has 4 rings (SSSR count). The Balaban J connectivity index is 0.00000140. The lowest BCUT2D eigenvalue weighted by atomic mass is 10.1. The molecule has 2 aromatic carbocycles. The van der Waals surface area contributed by atoms with Gasteiger partial charge in [-0.3, -0.25) is 0 Å². The molecule has 6 heteroatoms. The molecule has 0 aliphatic heterocycles. The van der Waals surface area contributed by atoms with Gasteiger partial charge in [0.2, 0.25) is 0 Å². The van der Waals surface area contributed by atoms with Gasteiger partial charge in [0.25, 0.3) is 0 Å². The van der Waals surface area contributed by atoms with Crippen molar-refractivity contribution >= 4 is 47.1 Å². The van der Waals surface area contributed by atoms with Crippen molar-refractivity contribution in [2.45, 2.75) is 19.6 Å². The number of hydrogen-bond donors (Lipinski definition) is 2. The van der Waals surface area contributed by atoms with Crippen molar-refractivity contribution in [1.29, 1.82) is 0 Å². The van der Waals surface area contributed by atoms with Crippen LogP contribution in [0.5, 0.6) is 5.75 Å². The van der Waals surface area contributed by atoms with Crippen LogP contribution in [0.2, 0.25) is 0 Å². The van der Waals surface area contributed by atoms with Gasteiger partial charge in [0.05, 0.1) is 0 Å². The van der Waals surface area contributed by atoms with Crippen molar-refractivity contribution in [3.8, 4) is 5.75 Å². The van der Waals surface area contributed by atoms with E-state index in [-0.39, 0.29) is 24.8 Å². The molecule has 0 saturated carbocycles. The zero-order valence-corrected chi connectivity index (χ0v) is 17.8. The van der Waals surface area contributed by atoms with Crippen molar-refractivity contribution in [3.05, 3.63) is 88.2 Å². The quantitative estimate of drug-likeness (QED) is 0.334. The maximum Gasteiger partial charge on any atom is 0.122 e. The number of H-pyrrole nitrogens is 1. The number of nitrogens with one attached hydrogen (secondary N) is 2. The van der Waals surface area contributed by atoms with Gasteiger partial charge in [-0.1, -0.05) is 36.4 Å². The minimum atomic E-state index is 0. The van der Waals surface area contributed by atoms with Crippen LogP contribution in [0.25, 0.3) is 10.9 Å². The van der Waals surface area contributed by atoms with E-state index in [0.29, 0.717) is 6.61 Å². The first kappa shape index (κ1) is 22.3. The number of benzene rings is 2. The molecule has 0 radical (unpaired) electrons. The van der Waals surface area contributed by atoms with E-state index < -0.39 is 0 Å². The Labute approximate surface area is 182 Å². The first-order valence-electron chi connectivity index (χ1n) is 8.88. The van der Waals surface area contributed by atoms with Crippen LogP contribution in [-0.2, 0) is 19.6 Å². The highest BCUT2D eigenvalue weighted by Crippen LogP contribution is 2.18. The number of aromatic nitrogens is 1. The van der Waals surface area contributed by atoms with Gasteiger partial charge in [0, 0.05) is 28.5 Å². The number of thiophene rings is 1. The zero-order chi connectivity index (χ0) is 17.6. The fourth-order valence-corrected chi connectivity index (χ4v) is 3.66. The molecule has 0 bridgehead atoms. The van der Waals surface area contributed by atoms with Crippen LogP contribution in [0, 0.1) is 0 Å². The molecule has 0 spiro atoms. The molecule has 0 saturated heterocycles. The predicted octanol–water partition coefficient (Wildman–Crippen LogP) is 5.98. The molecular formula is C22H24Cl2N2OS. The third kappa shape index (κ3) is 5.76. The molecule has 0 amide bonds. The number of aromatic amines is 1. The van der Waals surface area contributed by atoms with Crippen LogP contribution in [0.4, 0.5) is 0 Å². The second-order valence-corrected chi connectivity index (χ2v) is 7.33. The molecule has 4 aromatic rings. The first-order valence-corrected chi connectivity index (χ1v) is 9.76. The average molecular weight is 435 g/mol. The molecule has 0 aliphatic rings. The summed E-state index contributed by atoms with van der Waals surface area (Å²) in [4.78, 5) is 4.58. The van der Waals surface area contributed by atoms with Gasteiger partial charge in [-0.05, 0) is 53.7 Å². The minimum absolute atomic E-state index is 0. The molecule has 0 unspecified atom stereocenters. The van der Waals surface area contributed by atoms with Gasteiger partial charge in [0.15, 0.2) is 0 Å². The summed E-state index contributed by atoms with van der Waals surface area (Å²) in [6, 6.07) is 20.9. The van der Waals surface area contributed by atoms with Gasteiger partial charge in [-0.25, -0.2) is 0 Å². The van der Waals surface area contributed by atoms with E-state index in [9.17, 15) is 0 Å². The number of para-hydroxylation sites is 1. The minimum Gasteiger partial charge on any atom is -0.488 e. The fourth-order valence-electron chi connectivity index (χ4n) is 3.05. The number of rotatable bonds is 8. The summed E-state index contributed by atoms with van der Waals surface area (Å²) < 4.78 is 5.81. The van der Waals surface area contributed by atoms with Gasteiger partial charge in [0.1, 0.15) is 12.4 Å². The molecule has 2 aromatic heterocycles. The maximum atomic E-state index is 5.81. The van der Waals surface area contributed by atoms with Crippen molar-refractivity contribution in [2.24, 2.45) is 0 Å². The van der Waals surface area contributed by atoms with Gasteiger partial charge in [-0.2, -0.15) is 0 Å². The van der Waals surface area contributed by atoms with Crippen LogP contribution in [0.3, 0.4) is 0 Å². The van der Waals surface area contributed by atoms with E-state index in [2.05, 4.69) is 70.4 Å². The summed E-state index contributed by atoms with van der Waals surface area (Å²) in [5.41, 5.74) is 3.85. The van der Waals surface area contributed by atoms with E-state index in [1.807, 2.05) is 12.1 Å². The Bertz CT molecular complexity index is 952. The van der Waals surface area contributed by atoms with Crippen molar-refractivity contribution in [3.63, 3.8) is 0 Å². The van der Waals surface area contributed by atoms with Crippen molar-refractivity contribution in [1.82, 2.24) is 10.3 Å². The molecule has 28 heavy (non-hydrogen) atoms. The third-order valence-corrected chi connectivity index (χ3v) is 5.31. The summed E-state index contributed by atoms with van der Waals surface area (Å²) in [5.74, 6) is 0.918. The highest BCUT2D eigenvalue weighted by molar-refractivity contribution is 7.09. The van der Waals surface area contributed by atoms with E-state index in [1.54, 1.807) is 11.3 Å². The SMILES string of the molecule is Cl.Cl.c1csc(COc2ccc(CNCCc3c[nH]c4ccccc34)cc2)c1. The van der Waals surface area contributed by atoms with E-state index in [4.69, 9.17) is 4.74 Å². The third-order valence-electron chi connectivity index (χ3n) is 4.46. The van der Waals surface area contributed by atoms with Crippen molar-refractivity contribution in [2.75, 3.05) is 6.54 Å². The Kier molecular flexibility index (Phi) is 8.87. The second kappa shape index (κ2) is 11.1. The fraction of sp³-hybridized carbons (Fsp3) is 0.182. The summed E-state index contributed by atoms with van der Waals surface area (Å²) in [5, 5.41) is 6.92. The molecule has 0 atom stereocenters. The number of ether oxygens (including phenoxy) is 1. The standard InChI is InChI=1S/C22H22N2OS.2ClH/c1-2-6-22-21(5-1)18(15-24-22)11-12-23-14-17-7-9-19(10-8-17)25-16-20-4-3-13-26-20;;/h1-10,13,15,23-24H,11-12,14,16H2;2*1H. The number of fused-ring (bicyclic) bond motifs is 1. The lowest BCUT2D eigenvalue weighted by Crippen LogP contribution is -2.16. The van der Waals surface area contributed by atoms with Gasteiger partial charge < -0.3 is 15.0 Å². The number of hydrogen-bond acceptors (Lipinski definition) is 3. The zero-order valence-electron chi connectivity index (χ0n) is 15.4. The number of halogens is 2. The molecule has 2 N–H and O–H groups in total. The Morgan fingerprint density at radius 2 is 1.75 bits per heavy atom. The first-order chi connectivity index (χ1) is 12.9. The molecule has 148 valence electrons. The van der Waals surface area contributed by atoms with Crippen LogP contribution < -0.4 is 10.1 Å². The van der Waals surface area contributed by atoms with Crippen LogP contribution in [0.15, 0.2) is 72.2 Å². The second-order valence-electron chi connectivity index (χ2n) is 6.30. The summed E-state index contributed by atoms with van der Waals surface area (Å²) in [7, 11) is 0. The van der Waals surface area contributed by atoms with Crippen molar-refractivity contribution < 1.29 is 4.74 Å². The smallest absolute Gasteiger partial charge is 0.122 e. The van der Waals surface area contributed by atoms with Gasteiger partial charge >= 0.3 is 0 Å². The largest absolute Gasteiger partial charge is 0.488 e. The molecule has 2 heterocycles. The monoisotopic (exact) mass is 434 g/mol. The molecule has 0 aliphatic carbocycles. The molecular weight excluding hydrogens is 411 g/mol. The van der Waals surface area contributed by atoms with Gasteiger partial charge in [-0.15, -0.1) is 36.2 Å². The molecule has 0 fully saturated rings. The Morgan fingerprint density at radius 1 is 0.929 bits per heavy atom. The van der Waals surface area contributed by atoms with Crippen LogP contribution in [0.1, 0.15) is 16.0 Å². The maximum absolute atomic E-state index is 5.81. The Hall–Kier alpha value is -1.98. The normalized spacial score (nSPS) is 10.3. The Morgan fingerprint density at radius 3 is 2.54 bits per heavy atom.